The zero-order chi connectivity index (χ0) is 12.1. The molecular weight excluding hydrogens is 238 g/mol. The number of epoxide rings is 1. The molecule has 1 saturated heterocycles. The van der Waals surface area contributed by atoms with Crippen molar-refractivity contribution in [1.29, 1.82) is 0 Å². The molecule has 5 heteroatoms. The summed E-state index contributed by atoms with van der Waals surface area (Å²) in [6.45, 7) is 0.712. The Morgan fingerprint density at radius 1 is 1.59 bits per heavy atom. The molecule has 1 aliphatic heterocycles. The van der Waals surface area contributed by atoms with Gasteiger partial charge in [-0.15, -0.1) is 11.8 Å². The number of carbonyl (C=O) groups is 1. The summed E-state index contributed by atoms with van der Waals surface area (Å²) in [6.07, 6.45) is -0.274. The van der Waals surface area contributed by atoms with E-state index in [1.807, 2.05) is 30.3 Å². The summed E-state index contributed by atoms with van der Waals surface area (Å²) < 4.78 is 9.82. The second-order valence-electron chi connectivity index (χ2n) is 3.74. The highest BCUT2D eigenvalue weighted by atomic mass is 32.2. The van der Waals surface area contributed by atoms with Crippen molar-refractivity contribution < 1.29 is 14.3 Å². The lowest BCUT2D eigenvalue weighted by molar-refractivity contribution is 0.165. The van der Waals surface area contributed by atoms with Gasteiger partial charge in [-0.2, -0.15) is 0 Å². The molecule has 0 saturated carbocycles. The molecule has 1 aliphatic rings. The van der Waals surface area contributed by atoms with Crippen molar-refractivity contribution >= 4 is 17.9 Å². The Hall–Kier alpha value is -1.20. The van der Waals surface area contributed by atoms with Gasteiger partial charge < -0.3 is 14.8 Å². The largest absolute Gasteiger partial charge is 0.453 e. The SMILES string of the molecule is COC(=O)NC(CSc1ccccc1)C1CO1. The number of carbonyl (C=O) groups excluding carboxylic acids is 1. The molecule has 1 aromatic rings. The van der Waals surface area contributed by atoms with Gasteiger partial charge in [0, 0.05) is 10.6 Å². The Balaban J connectivity index is 1.83. The van der Waals surface area contributed by atoms with E-state index in [1.54, 1.807) is 11.8 Å². The summed E-state index contributed by atoms with van der Waals surface area (Å²) in [5, 5.41) is 2.79. The Morgan fingerprint density at radius 3 is 2.88 bits per heavy atom. The number of ether oxygens (including phenoxy) is 2. The highest BCUT2D eigenvalue weighted by Gasteiger charge is 2.34. The number of thioether (sulfide) groups is 1. The van der Waals surface area contributed by atoms with Gasteiger partial charge in [0.05, 0.1) is 19.8 Å². The lowest BCUT2D eigenvalue weighted by Gasteiger charge is -2.15. The molecule has 2 rings (SSSR count). The highest BCUT2D eigenvalue weighted by Crippen LogP contribution is 2.23. The molecule has 1 heterocycles. The molecule has 4 nitrogen and oxygen atoms in total. The molecule has 2 unspecified atom stereocenters. The molecule has 0 spiro atoms. The second-order valence-corrected chi connectivity index (χ2v) is 4.83. The van der Waals surface area contributed by atoms with Crippen LogP contribution in [0.15, 0.2) is 35.2 Å². The fourth-order valence-electron chi connectivity index (χ4n) is 1.44. The van der Waals surface area contributed by atoms with Crippen LogP contribution >= 0.6 is 11.8 Å². The minimum absolute atomic E-state index is 0.00709. The topological polar surface area (TPSA) is 50.9 Å². The van der Waals surface area contributed by atoms with Crippen LogP contribution in [0, 0.1) is 0 Å². The fourth-order valence-corrected chi connectivity index (χ4v) is 2.46. The summed E-state index contributed by atoms with van der Waals surface area (Å²) in [5.74, 6) is 0.782. The summed E-state index contributed by atoms with van der Waals surface area (Å²) in [6, 6.07) is 10.1. The van der Waals surface area contributed by atoms with Crippen LogP contribution in [0.25, 0.3) is 0 Å². The van der Waals surface area contributed by atoms with Gasteiger partial charge in [-0.25, -0.2) is 4.79 Å². The maximum Gasteiger partial charge on any atom is 0.407 e. The van der Waals surface area contributed by atoms with Gasteiger partial charge in [-0.3, -0.25) is 0 Å². The maximum absolute atomic E-state index is 11.2. The number of alkyl carbamates (subject to hydrolysis) is 1. The van der Waals surface area contributed by atoms with Gasteiger partial charge in [0.15, 0.2) is 0 Å². The quantitative estimate of drug-likeness (QED) is 0.643. The monoisotopic (exact) mass is 253 g/mol. The van der Waals surface area contributed by atoms with Crippen LogP contribution in [0.2, 0.25) is 0 Å². The summed E-state index contributed by atoms with van der Waals surface area (Å²) >= 11 is 1.70. The van der Waals surface area contributed by atoms with Crippen LogP contribution in [-0.2, 0) is 9.47 Å². The zero-order valence-corrected chi connectivity index (χ0v) is 10.4. The highest BCUT2D eigenvalue weighted by molar-refractivity contribution is 7.99. The Bertz CT molecular complexity index is 367. The van der Waals surface area contributed by atoms with Crippen molar-refractivity contribution in [2.24, 2.45) is 0 Å². The van der Waals surface area contributed by atoms with E-state index >= 15 is 0 Å². The fraction of sp³-hybridized carbons (Fsp3) is 0.417. The predicted octanol–water partition coefficient (Wildman–Crippen LogP) is 1.90. The Kier molecular flexibility index (Phi) is 4.28. The van der Waals surface area contributed by atoms with E-state index in [9.17, 15) is 4.79 Å². The van der Waals surface area contributed by atoms with Gasteiger partial charge >= 0.3 is 6.09 Å². The first kappa shape index (κ1) is 12.3. The van der Waals surface area contributed by atoms with Crippen LogP contribution < -0.4 is 5.32 Å². The summed E-state index contributed by atoms with van der Waals surface area (Å²) in [7, 11) is 1.37. The predicted molar refractivity (Wildman–Crippen MR) is 66.2 cm³/mol. The molecule has 92 valence electrons. The number of methoxy groups -OCH3 is 1. The Labute approximate surface area is 105 Å². The summed E-state index contributed by atoms with van der Waals surface area (Å²) in [5.41, 5.74) is 0. The number of hydrogen-bond donors (Lipinski definition) is 1. The van der Waals surface area contributed by atoms with Gasteiger partial charge in [-0.05, 0) is 12.1 Å². The van der Waals surface area contributed by atoms with Crippen LogP contribution in [0.4, 0.5) is 4.79 Å². The lowest BCUT2D eigenvalue weighted by Crippen LogP contribution is -2.40. The van der Waals surface area contributed by atoms with E-state index in [0.29, 0.717) is 6.61 Å². The van der Waals surface area contributed by atoms with Crippen LogP contribution in [0.3, 0.4) is 0 Å². The van der Waals surface area contributed by atoms with Crippen LogP contribution in [0.5, 0.6) is 0 Å². The molecule has 1 aromatic carbocycles. The van der Waals surface area contributed by atoms with E-state index < -0.39 is 6.09 Å². The van der Waals surface area contributed by atoms with E-state index in [2.05, 4.69) is 10.1 Å². The third-order valence-electron chi connectivity index (χ3n) is 2.47. The maximum atomic E-state index is 11.2. The number of nitrogens with one attached hydrogen (secondary N) is 1. The van der Waals surface area contributed by atoms with Gasteiger partial charge in [0.1, 0.15) is 6.10 Å². The minimum atomic E-state index is -0.404. The normalized spacial score (nSPS) is 19.5. The molecule has 0 aliphatic carbocycles. The van der Waals surface area contributed by atoms with E-state index in [0.717, 1.165) is 5.75 Å². The number of rotatable bonds is 5. The van der Waals surface area contributed by atoms with Crippen molar-refractivity contribution in [3.05, 3.63) is 30.3 Å². The number of hydrogen-bond acceptors (Lipinski definition) is 4. The van der Waals surface area contributed by atoms with Crippen LogP contribution in [-0.4, -0.2) is 37.7 Å². The van der Waals surface area contributed by atoms with Crippen molar-refractivity contribution in [2.75, 3.05) is 19.5 Å². The van der Waals surface area contributed by atoms with Gasteiger partial charge in [0.25, 0.3) is 0 Å². The van der Waals surface area contributed by atoms with E-state index in [4.69, 9.17) is 4.74 Å². The molecular formula is C12H15NO3S. The lowest BCUT2D eigenvalue weighted by atomic mass is 10.2. The van der Waals surface area contributed by atoms with Gasteiger partial charge in [-0.1, -0.05) is 18.2 Å². The van der Waals surface area contributed by atoms with Gasteiger partial charge in [0.2, 0.25) is 0 Å². The molecule has 0 aromatic heterocycles. The number of amides is 1. The smallest absolute Gasteiger partial charge is 0.407 e. The van der Waals surface area contributed by atoms with Crippen molar-refractivity contribution in [1.82, 2.24) is 5.32 Å². The molecule has 17 heavy (non-hydrogen) atoms. The molecule has 0 radical (unpaired) electrons. The third-order valence-corrected chi connectivity index (χ3v) is 3.60. The Morgan fingerprint density at radius 2 is 2.29 bits per heavy atom. The van der Waals surface area contributed by atoms with Crippen molar-refractivity contribution in [2.45, 2.75) is 17.0 Å². The standard InChI is InChI=1S/C12H15NO3S/c1-15-12(14)13-10(11-7-16-11)8-17-9-5-3-2-4-6-9/h2-6,10-11H,7-8H2,1H3,(H,13,14). The van der Waals surface area contributed by atoms with Crippen LogP contribution in [0.1, 0.15) is 0 Å². The molecule has 1 N–H and O–H groups in total. The zero-order valence-electron chi connectivity index (χ0n) is 9.59. The van der Waals surface area contributed by atoms with E-state index in [-0.39, 0.29) is 12.1 Å². The number of benzene rings is 1. The third kappa shape index (κ3) is 3.94. The first-order valence-corrected chi connectivity index (χ1v) is 6.42. The van der Waals surface area contributed by atoms with Crippen molar-refractivity contribution in [3.8, 4) is 0 Å². The molecule has 2 atom stereocenters. The molecule has 1 fully saturated rings. The minimum Gasteiger partial charge on any atom is -0.453 e. The molecule has 0 bridgehead atoms. The average molecular weight is 253 g/mol. The summed E-state index contributed by atoms with van der Waals surface area (Å²) in [4.78, 5) is 12.4. The molecule has 1 amide bonds. The average Bonchev–Trinajstić information content (AvgIpc) is 3.19. The second kappa shape index (κ2) is 5.93. The first-order valence-electron chi connectivity index (χ1n) is 5.43. The first-order chi connectivity index (χ1) is 8.29. The van der Waals surface area contributed by atoms with Crippen molar-refractivity contribution in [3.63, 3.8) is 0 Å². The van der Waals surface area contributed by atoms with E-state index in [1.165, 1.54) is 12.0 Å².